The van der Waals surface area contributed by atoms with Gasteiger partial charge in [0, 0.05) is 11.8 Å². The fourth-order valence-electron chi connectivity index (χ4n) is 2.79. The van der Waals surface area contributed by atoms with Crippen molar-refractivity contribution in [3.05, 3.63) is 32.6 Å². The minimum Gasteiger partial charge on any atom is -0.393 e. The molecule has 5 N–H and O–H groups in total. The summed E-state index contributed by atoms with van der Waals surface area (Å²) in [5.41, 5.74) is -2.39. The number of aliphatic hydroxyl groups is 2. The second-order valence-corrected chi connectivity index (χ2v) is 5.51. The highest BCUT2D eigenvalue weighted by atomic mass is 16.6. The first-order chi connectivity index (χ1) is 10.4. The lowest BCUT2D eigenvalue weighted by molar-refractivity contribution is -0.125. The van der Waals surface area contributed by atoms with E-state index in [2.05, 4.69) is 15.6 Å². The normalized spacial score (nSPS) is 34.0. The number of ether oxygens (including phenoxy) is 1. The molecule has 1 aromatic heterocycles. The summed E-state index contributed by atoms with van der Waals surface area (Å²) in [5, 5.41) is 24.9. The van der Waals surface area contributed by atoms with E-state index in [4.69, 9.17) is 4.74 Å². The number of aromatic amines is 1. The van der Waals surface area contributed by atoms with Crippen LogP contribution in [0.4, 0.5) is 4.79 Å². The van der Waals surface area contributed by atoms with E-state index in [-0.39, 0.29) is 12.1 Å². The highest BCUT2D eigenvalue weighted by Crippen LogP contribution is 2.37. The van der Waals surface area contributed by atoms with Crippen LogP contribution in [-0.2, 0) is 4.74 Å². The number of hydrogen-bond donors (Lipinski definition) is 5. The molecule has 2 bridgehead atoms. The maximum atomic E-state index is 12.0. The minimum atomic E-state index is -1.42. The molecule has 2 saturated heterocycles. The Morgan fingerprint density at radius 2 is 2.18 bits per heavy atom. The van der Waals surface area contributed by atoms with E-state index in [1.807, 2.05) is 0 Å². The molecule has 2 fully saturated rings. The molecule has 10 nitrogen and oxygen atoms in total. The fraction of sp³-hybridized carbons (Fsp3) is 0.583. The molecule has 0 radical (unpaired) electrons. The van der Waals surface area contributed by atoms with Crippen molar-refractivity contribution in [2.24, 2.45) is 0 Å². The van der Waals surface area contributed by atoms with Gasteiger partial charge >= 0.3 is 11.7 Å². The number of urea groups is 1. The van der Waals surface area contributed by atoms with Gasteiger partial charge in [-0.1, -0.05) is 0 Å². The second kappa shape index (κ2) is 4.93. The van der Waals surface area contributed by atoms with Crippen molar-refractivity contribution >= 4 is 6.03 Å². The monoisotopic (exact) mass is 312 g/mol. The average molecular weight is 312 g/mol. The summed E-state index contributed by atoms with van der Waals surface area (Å²) in [7, 11) is 0. The van der Waals surface area contributed by atoms with Crippen molar-refractivity contribution in [1.82, 2.24) is 20.2 Å². The molecule has 0 spiro atoms. The van der Waals surface area contributed by atoms with E-state index in [9.17, 15) is 24.6 Å². The van der Waals surface area contributed by atoms with Crippen LogP contribution in [0.3, 0.4) is 0 Å². The molecular formula is C12H16N4O6. The third kappa shape index (κ3) is 2.03. The minimum absolute atomic E-state index is 0.111. The molecule has 3 rings (SSSR count). The molecular weight excluding hydrogens is 296 g/mol. The summed E-state index contributed by atoms with van der Waals surface area (Å²) in [4.78, 5) is 37.2. The molecule has 0 aliphatic carbocycles. The van der Waals surface area contributed by atoms with Gasteiger partial charge in [0.15, 0.2) is 6.23 Å². The van der Waals surface area contributed by atoms with Gasteiger partial charge < -0.3 is 25.6 Å². The van der Waals surface area contributed by atoms with Gasteiger partial charge in [-0.15, -0.1) is 0 Å². The first-order valence-corrected chi connectivity index (χ1v) is 6.71. The fourth-order valence-corrected chi connectivity index (χ4v) is 2.79. The van der Waals surface area contributed by atoms with Crippen molar-refractivity contribution in [2.75, 3.05) is 13.2 Å². The van der Waals surface area contributed by atoms with Gasteiger partial charge in [0.05, 0.1) is 13.2 Å². The Kier molecular flexibility index (Phi) is 3.31. The molecule has 0 saturated carbocycles. The topological polar surface area (TPSA) is 146 Å². The van der Waals surface area contributed by atoms with Gasteiger partial charge in [0.1, 0.15) is 17.7 Å². The van der Waals surface area contributed by atoms with Crippen LogP contribution in [0.5, 0.6) is 0 Å². The maximum Gasteiger partial charge on any atom is 0.330 e. The molecule has 22 heavy (non-hydrogen) atoms. The molecule has 2 aliphatic rings. The van der Waals surface area contributed by atoms with E-state index in [1.165, 1.54) is 13.1 Å². The van der Waals surface area contributed by atoms with Crippen LogP contribution in [0.15, 0.2) is 15.8 Å². The number of aryl methyl sites for hydroxylation is 1. The standard InChI is InChI=1S/C12H16N4O6/c1-5-2-16(11(21)15-8(5)19)9-6-7(18)12(4-17,22-9)3-13-10(20)14-6/h2,6-7,9,17-18H,3-4H2,1H3,(H2,13,14,20)(H,15,19,21)/t6-,7+,9-,12-/m1/s1. The zero-order valence-corrected chi connectivity index (χ0v) is 11.7. The number of carbonyl (C=O) groups is 1. The molecule has 120 valence electrons. The Hall–Kier alpha value is -2.17. The number of fused-ring (bicyclic) bond motifs is 2. The quantitative estimate of drug-likeness (QED) is 0.397. The Morgan fingerprint density at radius 1 is 1.45 bits per heavy atom. The number of aliphatic hydroxyl groups excluding tert-OH is 2. The van der Waals surface area contributed by atoms with Crippen LogP contribution in [-0.4, -0.2) is 56.7 Å². The number of nitrogens with one attached hydrogen (secondary N) is 3. The molecule has 10 heteroatoms. The number of nitrogens with zero attached hydrogens (tertiary/aromatic N) is 1. The Labute approximate surface area is 123 Å². The lowest BCUT2D eigenvalue weighted by atomic mass is 9.95. The zero-order chi connectivity index (χ0) is 16.1. The van der Waals surface area contributed by atoms with Gasteiger partial charge in [-0.25, -0.2) is 9.59 Å². The van der Waals surface area contributed by atoms with E-state index in [0.29, 0.717) is 0 Å². The largest absolute Gasteiger partial charge is 0.393 e. The summed E-state index contributed by atoms with van der Waals surface area (Å²) in [6.07, 6.45) is -0.975. The molecule has 1 aromatic rings. The summed E-state index contributed by atoms with van der Waals surface area (Å²) < 4.78 is 6.78. The van der Waals surface area contributed by atoms with E-state index < -0.39 is 47.9 Å². The van der Waals surface area contributed by atoms with Crippen molar-refractivity contribution in [1.29, 1.82) is 0 Å². The number of rotatable bonds is 2. The van der Waals surface area contributed by atoms with Crippen LogP contribution < -0.4 is 21.9 Å². The number of amides is 2. The smallest absolute Gasteiger partial charge is 0.330 e. The molecule has 0 aromatic carbocycles. The number of aromatic nitrogens is 2. The third-order valence-electron chi connectivity index (χ3n) is 4.08. The lowest BCUT2D eigenvalue weighted by Crippen LogP contribution is -2.51. The molecule has 0 unspecified atom stereocenters. The Morgan fingerprint density at radius 3 is 2.86 bits per heavy atom. The molecule has 2 aliphatic heterocycles. The van der Waals surface area contributed by atoms with Gasteiger partial charge in [-0.2, -0.15) is 0 Å². The predicted octanol–water partition coefficient (Wildman–Crippen LogP) is -2.85. The van der Waals surface area contributed by atoms with Crippen molar-refractivity contribution in [3.8, 4) is 0 Å². The van der Waals surface area contributed by atoms with Gasteiger partial charge in [-0.3, -0.25) is 14.3 Å². The van der Waals surface area contributed by atoms with Crippen molar-refractivity contribution < 1.29 is 19.7 Å². The van der Waals surface area contributed by atoms with E-state index in [1.54, 1.807) is 0 Å². The first-order valence-electron chi connectivity index (χ1n) is 6.71. The zero-order valence-electron chi connectivity index (χ0n) is 11.7. The highest BCUT2D eigenvalue weighted by Gasteiger charge is 2.57. The van der Waals surface area contributed by atoms with Crippen molar-refractivity contribution in [2.45, 2.75) is 30.9 Å². The SMILES string of the molecule is Cc1cn([C@@H]2O[C@@]3(CO)CNC(=O)N[C@@H]2[C@@H]3O)c(=O)[nH]c1=O. The lowest BCUT2D eigenvalue weighted by Gasteiger charge is -2.29. The Bertz CT molecular complexity index is 727. The first kappa shape index (κ1) is 14.8. The van der Waals surface area contributed by atoms with Gasteiger partial charge in [-0.05, 0) is 6.92 Å². The summed E-state index contributed by atoms with van der Waals surface area (Å²) in [6, 6.07) is -1.49. The number of H-pyrrole nitrogens is 1. The van der Waals surface area contributed by atoms with E-state index >= 15 is 0 Å². The second-order valence-electron chi connectivity index (χ2n) is 5.51. The highest BCUT2D eigenvalue weighted by molar-refractivity contribution is 5.75. The van der Waals surface area contributed by atoms with Crippen molar-refractivity contribution in [3.63, 3.8) is 0 Å². The third-order valence-corrected chi connectivity index (χ3v) is 4.08. The van der Waals surface area contributed by atoms with Crippen LogP contribution in [0.1, 0.15) is 11.8 Å². The molecule has 2 amide bonds. The van der Waals surface area contributed by atoms with Crippen LogP contribution in [0, 0.1) is 6.92 Å². The number of hydrogen-bond acceptors (Lipinski definition) is 6. The van der Waals surface area contributed by atoms with E-state index in [0.717, 1.165) is 4.57 Å². The van der Waals surface area contributed by atoms with Crippen LogP contribution in [0.2, 0.25) is 0 Å². The molecule has 3 heterocycles. The summed E-state index contributed by atoms with van der Waals surface area (Å²) in [5.74, 6) is 0. The maximum absolute atomic E-state index is 12.0. The average Bonchev–Trinajstić information content (AvgIpc) is 2.66. The summed E-state index contributed by atoms with van der Waals surface area (Å²) in [6.45, 7) is 0.862. The predicted molar refractivity (Wildman–Crippen MR) is 72.3 cm³/mol. The van der Waals surface area contributed by atoms with Gasteiger partial charge in [0.2, 0.25) is 0 Å². The van der Waals surface area contributed by atoms with Crippen LogP contribution >= 0.6 is 0 Å². The summed E-state index contributed by atoms with van der Waals surface area (Å²) >= 11 is 0. The Balaban J connectivity index is 2.09. The van der Waals surface area contributed by atoms with Gasteiger partial charge in [0.25, 0.3) is 5.56 Å². The van der Waals surface area contributed by atoms with Crippen LogP contribution in [0.25, 0.3) is 0 Å². The molecule has 4 atom stereocenters. The number of carbonyl (C=O) groups excluding carboxylic acids is 1.